The fourth-order valence-corrected chi connectivity index (χ4v) is 4.10. The van der Waals surface area contributed by atoms with Crippen molar-refractivity contribution in [1.29, 1.82) is 0 Å². The molecule has 1 heterocycles. The lowest BCUT2D eigenvalue weighted by atomic mass is 9.94. The highest BCUT2D eigenvalue weighted by Gasteiger charge is 2.40. The molecule has 1 aliphatic heterocycles. The number of rotatable bonds is 2. The van der Waals surface area contributed by atoms with Crippen molar-refractivity contribution in [3.05, 3.63) is 33.4 Å². The first-order valence-electron chi connectivity index (χ1n) is 7.91. The maximum atomic E-state index is 12.9. The van der Waals surface area contributed by atoms with Gasteiger partial charge in [0, 0.05) is 13.1 Å². The van der Waals surface area contributed by atoms with Gasteiger partial charge in [0.2, 0.25) is 0 Å². The third kappa shape index (κ3) is 3.13. The van der Waals surface area contributed by atoms with Crippen molar-refractivity contribution in [2.24, 2.45) is 0 Å². The van der Waals surface area contributed by atoms with Crippen molar-refractivity contribution >= 4 is 52.5 Å². The Labute approximate surface area is 156 Å². The average Bonchev–Trinajstić information content (AvgIpc) is 2.77. The van der Waals surface area contributed by atoms with Gasteiger partial charge in [0.05, 0.1) is 10.0 Å². The molecule has 128 valence electrons. The molecule has 1 amide bonds. The third-order valence-corrected chi connectivity index (χ3v) is 5.62. The minimum atomic E-state index is -0.161. The number of amides is 1. The molecular formula is C17H18Cl2N2O2S. The van der Waals surface area contributed by atoms with Gasteiger partial charge in [-0.1, -0.05) is 42.5 Å². The quantitative estimate of drug-likeness (QED) is 0.604. The van der Waals surface area contributed by atoms with Crippen LogP contribution in [0.2, 0.25) is 10.0 Å². The molecule has 24 heavy (non-hydrogen) atoms. The number of hydrogen-bond acceptors (Lipinski definition) is 3. The van der Waals surface area contributed by atoms with Gasteiger partial charge in [-0.25, -0.2) is 0 Å². The summed E-state index contributed by atoms with van der Waals surface area (Å²) in [6, 6.07) is 3.32. The Hall–Kier alpha value is -1.30. The summed E-state index contributed by atoms with van der Waals surface area (Å²) in [7, 11) is 1.79. The number of carbonyl (C=O) groups is 1. The van der Waals surface area contributed by atoms with E-state index in [1.54, 1.807) is 35.1 Å². The average molecular weight is 385 g/mol. The third-order valence-electron chi connectivity index (χ3n) is 4.57. The SMILES string of the molecule is CN1C(=S)N(C2CCCCC2)C(=O)/C1=C/c1cc(Cl)c(O)c(Cl)c1. The molecular weight excluding hydrogens is 367 g/mol. The molecule has 2 aliphatic rings. The summed E-state index contributed by atoms with van der Waals surface area (Å²) >= 11 is 17.4. The molecule has 1 aromatic carbocycles. The van der Waals surface area contributed by atoms with E-state index in [2.05, 4.69) is 0 Å². The summed E-state index contributed by atoms with van der Waals surface area (Å²) in [6.45, 7) is 0. The lowest BCUT2D eigenvalue weighted by molar-refractivity contribution is -0.124. The molecule has 0 aromatic heterocycles. The molecule has 0 radical (unpaired) electrons. The van der Waals surface area contributed by atoms with Crippen LogP contribution < -0.4 is 0 Å². The summed E-state index contributed by atoms with van der Waals surface area (Å²) < 4.78 is 0. The molecule has 1 N–H and O–H groups in total. The van der Waals surface area contributed by atoms with Gasteiger partial charge >= 0.3 is 0 Å². The second-order valence-corrected chi connectivity index (χ2v) is 7.35. The predicted molar refractivity (Wildman–Crippen MR) is 100 cm³/mol. The fourth-order valence-electron chi connectivity index (χ4n) is 3.26. The molecule has 0 bridgehead atoms. The van der Waals surface area contributed by atoms with E-state index in [1.807, 2.05) is 0 Å². The van der Waals surface area contributed by atoms with Gasteiger partial charge in [0.15, 0.2) is 10.9 Å². The number of phenols is 1. The van der Waals surface area contributed by atoms with E-state index >= 15 is 0 Å². The Balaban J connectivity index is 1.93. The highest BCUT2D eigenvalue weighted by Crippen LogP contribution is 2.35. The number of thiocarbonyl (C=S) groups is 1. The van der Waals surface area contributed by atoms with Crippen LogP contribution in [0.4, 0.5) is 0 Å². The molecule has 4 nitrogen and oxygen atoms in total. The van der Waals surface area contributed by atoms with Crippen molar-refractivity contribution in [2.45, 2.75) is 38.1 Å². The van der Waals surface area contributed by atoms with Crippen molar-refractivity contribution < 1.29 is 9.90 Å². The van der Waals surface area contributed by atoms with Crippen LogP contribution in [0.1, 0.15) is 37.7 Å². The van der Waals surface area contributed by atoms with Gasteiger partial charge in [-0.05, 0) is 48.8 Å². The van der Waals surface area contributed by atoms with Crippen LogP contribution in [-0.4, -0.2) is 39.0 Å². The van der Waals surface area contributed by atoms with Crippen LogP contribution in [0, 0.1) is 0 Å². The van der Waals surface area contributed by atoms with Gasteiger partial charge < -0.3 is 10.0 Å². The van der Waals surface area contributed by atoms with Crippen LogP contribution in [0.3, 0.4) is 0 Å². The first-order valence-corrected chi connectivity index (χ1v) is 9.07. The lowest BCUT2D eigenvalue weighted by Gasteiger charge is -2.30. The highest BCUT2D eigenvalue weighted by atomic mass is 35.5. The van der Waals surface area contributed by atoms with Gasteiger partial charge in [-0.2, -0.15) is 0 Å². The van der Waals surface area contributed by atoms with Crippen molar-refractivity contribution in [2.75, 3.05) is 7.05 Å². The van der Waals surface area contributed by atoms with Crippen LogP contribution >= 0.6 is 35.4 Å². The molecule has 1 saturated carbocycles. The normalized spacial score (nSPS) is 21.2. The molecule has 0 spiro atoms. The molecule has 0 unspecified atom stereocenters. The van der Waals surface area contributed by atoms with Crippen molar-refractivity contribution in [3.8, 4) is 5.75 Å². The minimum Gasteiger partial charge on any atom is -0.505 e. The maximum Gasteiger partial charge on any atom is 0.277 e. The topological polar surface area (TPSA) is 43.8 Å². The zero-order valence-corrected chi connectivity index (χ0v) is 15.6. The van der Waals surface area contributed by atoms with Crippen molar-refractivity contribution in [3.63, 3.8) is 0 Å². The number of phenolic OH excluding ortho intramolecular Hbond substituents is 1. The molecule has 1 saturated heterocycles. The number of carbonyl (C=O) groups excluding carboxylic acids is 1. The first-order chi connectivity index (χ1) is 11.4. The van der Waals surface area contributed by atoms with Gasteiger partial charge in [0.25, 0.3) is 5.91 Å². The smallest absolute Gasteiger partial charge is 0.277 e. The Morgan fingerprint density at radius 1 is 1.21 bits per heavy atom. The number of aromatic hydroxyl groups is 1. The van der Waals surface area contributed by atoms with E-state index in [-0.39, 0.29) is 27.7 Å². The number of hydrogen-bond donors (Lipinski definition) is 1. The van der Waals surface area contributed by atoms with Gasteiger partial charge in [-0.3, -0.25) is 9.69 Å². The molecule has 0 atom stereocenters. The lowest BCUT2D eigenvalue weighted by Crippen LogP contribution is -2.41. The Morgan fingerprint density at radius 3 is 2.38 bits per heavy atom. The number of nitrogens with zero attached hydrogens (tertiary/aromatic N) is 2. The highest BCUT2D eigenvalue weighted by molar-refractivity contribution is 7.80. The van der Waals surface area contributed by atoms with E-state index in [1.165, 1.54) is 6.42 Å². The van der Waals surface area contributed by atoms with Crippen LogP contribution in [0.15, 0.2) is 17.8 Å². The number of halogens is 2. The molecule has 3 rings (SSSR count). The summed E-state index contributed by atoms with van der Waals surface area (Å²) in [6.07, 6.45) is 7.16. The Morgan fingerprint density at radius 2 is 1.79 bits per heavy atom. The monoisotopic (exact) mass is 384 g/mol. The minimum absolute atomic E-state index is 0.0882. The van der Waals surface area contributed by atoms with E-state index in [0.717, 1.165) is 25.7 Å². The second kappa shape index (κ2) is 6.90. The molecule has 7 heteroatoms. The van der Waals surface area contributed by atoms with E-state index in [9.17, 15) is 9.90 Å². The van der Waals surface area contributed by atoms with Gasteiger partial charge in [0.1, 0.15) is 5.70 Å². The van der Waals surface area contributed by atoms with Gasteiger partial charge in [-0.15, -0.1) is 0 Å². The summed E-state index contributed by atoms with van der Waals surface area (Å²) in [5.41, 5.74) is 1.13. The largest absolute Gasteiger partial charge is 0.505 e. The van der Waals surface area contributed by atoms with E-state index in [4.69, 9.17) is 35.4 Å². The molecule has 1 aromatic rings. The summed E-state index contributed by atoms with van der Waals surface area (Å²) in [4.78, 5) is 16.3. The Kier molecular flexibility index (Phi) is 5.04. The zero-order chi connectivity index (χ0) is 17.4. The first kappa shape index (κ1) is 17.5. The standard InChI is InChI=1S/C17H18Cl2N2O2S/c1-20-14(9-10-7-12(18)15(22)13(19)8-10)16(23)21(17(20)24)11-5-3-2-4-6-11/h7-9,11,22H,2-6H2,1H3/b14-9-. The van der Waals surface area contributed by atoms with E-state index in [0.29, 0.717) is 16.4 Å². The second-order valence-electron chi connectivity index (χ2n) is 6.17. The summed E-state index contributed by atoms with van der Waals surface area (Å²) in [5, 5.41) is 10.5. The fraction of sp³-hybridized carbons (Fsp3) is 0.412. The zero-order valence-electron chi connectivity index (χ0n) is 13.3. The number of benzene rings is 1. The van der Waals surface area contributed by atoms with Crippen molar-refractivity contribution in [1.82, 2.24) is 9.80 Å². The summed E-state index contributed by atoms with van der Waals surface area (Å²) in [5.74, 6) is -0.249. The predicted octanol–water partition coefficient (Wildman–Crippen LogP) is 4.43. The van der Waals surface area contributed by atoms with E-state index < -0.39 is 0 Å². The maximum absolute atomic E-state index is 12.9. The number of likely N-dealkylation sites (N-methyl/N-ethyl adjacent to an activating group) is 1. The van der Waals surface area contributed by atoms with Crippen LogP contribution in [0.25, 0.3) is 6.08 Å². The molecule has 1 aliphatic carbocycles. The van der Waals surface area contributed by atoms with Crippen LogP contribution in [-0.2, 0) is 4.79 Å². The van der Waals surface area contributed by atoms with Crippen LogP contribution in [0.5, 0.6) is 5.75 Å². The molecule has 2 fully saturated rings. The Bertz CT molecular complexity index is 706.